The quantitative estimate of drug-likeness (QED) is 0.934. The number of ether oxygens (including phenoxy) is 3. The molecular weight excluding hydrogens is 308 g/mol. The van der Waals surface area contributed by atoms with Crippen LogP contribution >= 0.6 is 0 Å². The van der Waals surface area contributed by atoms with Gasteiger partial charge in [0.05, 0.1) is 0 Å². The Morgan fingerprint density at radius 1 is 1.17 bits per heavy atom. The summed E-state index contributed by atoms with van der Waals surface area (Å²) in [5, 5.41) is 0. The normalized spacial score (nSPS) is 18.7. The van der Waals surface area contributed by atoms with Gasteiger partial charge in [-0.3, -0.25) is 4.79 Å². The predicted octanol–water partition coefficient (Wildman–Crippen LogP) is 2.52. The summed E-state index contributed by atoms with van der Waals surface area (Å²) in [6, 6.07) is 12.9. The number of benzene rings is 2. The topological polar surface area (TPSA) is 74.0 Å². The Morgan fingerprint density at radius 2 is 2.04 bits per heavy atom. The standard InChI is InChI=1S/C18H18N2O4/c19-18(21)12-3-1-4-13(9-12)20-8-2-5-17(20)24-14-6-7-15-16(10-14)23-11-22-15/h1,3-4,6-7,9-10,17H,2,5,8,11H2,(H2,19,21). The van der Waals surface area contributed by atoms with Crippen molar-refractivity contribution in [3.8, 4) is 17.2 Å². The van der Waals surface area contributed by atoms with Gasteiger partial charge in [0.2, 0.25) is 12.7 Å². The highest BCUT2D eigenvalue weighted by atomic mass is 16.7. The van der Waals surface area contributed by atoms with Gasteiger partial charge in [-0.2, -0.15) is 0 Å². The summed E-state index contributed by atoms with van der Waals surface area (Å²) in [6.07, 6.45) is 1.85. The molecule has 2 heterocycles. The zero-order valence-corrected chi connectivity index (χ0v) is 13.1. The first-order valence-electron chi connectivity index (χ1n) is 7.93. The molecule has 4 rings (SSSR count). The van der Waals surface area contributed by atoms with Gasteiger partial charge >= 0.3 is 0 Å². The second-order valence-electron chi connectivity index (χ2n) is 5.84. The van der Waals surface area contributed by atoms with E-state index >= 15 is 0 Å². The maximum absolute atomic E-state index is 11.4. The Bertz CT molecular complexity index is 777. The number of nitrogens with two attached hydrogens (primary N) is 1. The van der Waals surface area contributed by atoms with E-state index in [0.29, 0.717) is 11.3 Å². The Balaban J connectivity index is 1.55. The highest BCUT2D eigenvalue weighted by Gasteiger charge is 2.27. The molecule has 1 saturated heterocycles. The van der Waals surface area contributed by atoms with Crippen LogP contribution in [0.3, 0.4) is 0 Å². The monoisotopic (exact) mass is 326 g/mol. The third kappa shape index (κ3) is 2.71. The van der Waals surface area contributed by atoms with Crippen LogP contribution in [-0.4, -0.2) is 25.5 Å². The molecule has 6 heteroatoms. The first kappa shape index (κ1) is 14.7. The summed E-state index contributed by atoms with van der Waals surface area (Å²) in [6.45, 7) is 1.12. The van der Waals surface area contributed by atoms with Crippen LogP contribution in [0.4, 0.5) is 5.69 Å². The van der Waals surface area contributed by atoms with Gasteiger partial charge in [0.15, 0.2) is 17.7 Å². The number of hydrogen-bond donors (Lipinski definition) is 1. The van der Waals surface area contributed by atoms with Crippen LogP contribution in [0.1, 0.15) is 23.2 Å². The number of primary amides is 1. The number of nitrogens with zero attached hydrogens (tertiary/aromatic N) is 1. The molecule has 6 nitrogen and oxygen atoms in total. The zero-order valence-electron chi connectivity index (χ0n) is 13.1. The Kier molecular flexibility index (Phi) is 3.65. The highest BCUT2D eigenvalue weighted by molar-refractivity contribution is 5.93. The van der Waals surface area contributed by atoms with E-state index in [9.17, 15) is 4.79 Å². The lowest BCUT2D eigenvalue weighted by molar-refractivity contribution is 0.1000. The Morgan fingerprint density at radius 3 is 2.92 bits per heavy atom. The van der Waals surface area contributed by atoms with Gasteiger partial charge in [0, 0.05) is 30.3 Å². The average molecular weight is 326 g/mol. The van der Waals surface area contributed by atoms with Crippen molar-refractivity contribution in [1.29, 1.82) is 0 Å². The highest BCUT2D eigenvalue weighted by Crippen LogP contribution is 2.36. The average Bonchev–Trinajstić information content (AvgIpc) is 3.23. The molecule has 0 radical (unpaired) electrons. The fraction of sp³-hybridized carbons (Fsp3) is 0.278. The summed E-state index contributed by atoms with van der Waals surface area (Å²) in [4.78, 5) is 13.5. The van der Waals surface area contributed by atoms with Gasteiger partial charge in [-0.05, 0) is 36.8 Å². The van der Waals surface area contributed by atoms with Gasteiger partial charge in [0.1, 0.15) is 5.75 Å². The van der Waals surface area contributed by atoms with E-state index in [2.05, 4.69) is 4.90 Å². The SMILES string of the molecule is NC(=O)c1cccc(N2CCCC2Oc2ccc3c(c2)OCO3)c1. The molecule has 1 atom stereocenters. The minimum Gasteiger partial charge on any atom is -0.470 e. The molecule has 1 fully saturated rings. The summed E-state index contributed by atoms with van der Waals surface area (Å²) in [5.74, 6) is 1.75. The molecule has 0 aliphatic carbocycles. The van der Waals surface area contributed by atoms with Gasteiger partial charge in [-0.15, -0.1) is 0 Å². The molecule has 2 aliphatic heterocycles. The van der Waals surface area contributed by atoms with Crippen LogP contribution in [0.2, 0.25) is 0 Å². The number of fused-ring (bicyclic) bond motifs is 1. The van der Waals surface area contributed by atoms with Crippen LogP contribution in [0.15, 0.2) is 42.5 Å². The first-order chi connectivity index (χ1) is 11.7. The number of carbonyl (C=O) groups excluding carboxylic acids is 1. The fourth-order valence-electron chi connectivity index (χ4n) is 3.10. The summed E-state index contributed by atoms with van der Waals surface area (Å²) in [7, 11) is 0. The molecule has 124 valence electrons. The van der Waals surface area contributed by atoms with Crippen LogP contribution in [0.5, 0.6) is 17.2 Å². The molecule has 0 saturated carbocycles. The lowest BCUT2D eigenvalue weighted by Crippen LogP contribution is -2.34. The molecule has 2 N–H and O–H groups in total. The van der Waals surface area contributed by atoms with Crippen molar-refractivity contribution in [2.75, 3.05) is 18.2 Å². The fourth-order valence-corrected chi connectivity index (χ4v) is 3.10. The minimum absolute atomic E-state index is 0.0894. The number of hydrogen-bond acceptors (Lipinski definition) is 5. The number of anilines is 1. The molecular formula is C18H18N2O4. The van der Waals surface area contributed by atoms with Crippen molar-refractivity contribution in [1.82, 2.24) is 0 Å². The van der Waals surface area contributed by atoms with E-state index in [-0.39, 0.29) is 13.0 Å². The van der Waals surface area contributed by atoms with Gasteiger partial charge in [-0.1, -0.05) is 6.07 Å². The van der Waals surface area contributed by atoms with E-state index in [1.54, 1.807) is 6.07 Å². The number of carbonyl (C=O) groups is 1. The van der Waals surface area contributed by atoms with Crippen LogP contribution in [0.25, 0.3) is 0 Å². The summed E-state index contributed by atoms with van der Waals surface area (Å²) in [5.41, 5.74) is 6.82. The van der Waals surface area contributed by atoms with E-state index < -0.39 is 5.91 Å². The third-order valence-corrected chi connectivity index (χ3v) is 4.28. The van der Waals surface area contributed by atoms with E-state index in [1.165, 1.54) is 0 Å². The second kappa shape index (κ2) is 5.96. The molecule has 24 heavy (non-hydrogen) atoms. The Labute approximate surface area is 139 Å². The van der Waals surface area contributed by atoms with Crippen LogP contribution < -0.4 is 24.8 Å². The predicted molar refractivity (Wildman–Crippen MR) is 88.5 cm³/mol. The third-order valence-electron chi connectivity index (χ3n) is 4.28. The first-order valence-corrected chi connectivity index (χ1v) is 7.93. The van der Waals surface area contributed by atoms with Gasteiger partial charge < -0.3 is 24.8 Å². The number of amides is 1. The lowest BCUT2D eigenvalue weighted by Gasteiger charge is -2.27. The molecule has 2 aliphatic rings. The molecule has 2 aromatic rings. The molecule has 1 amide bonds. The van der Waals surface area contributed by atoms with Crippen molar-refractivity contribution in [2.24, 2.45) is 5.73 Å². The van der Waals surface area contributed by atoms with Crippen molar-refractivity contribution in [3.05, 3.63) is 48.0 Å². The van der Waals surface area contributed by atoms with Gasteiger partial charge in [-0.25, -0.2) is 0 Å². The van der Waals surface area contributed by atoms with Crippen molar-refractivity contribution < 1.29 is 19.0 Å². The maximum atomic E-state index is 11.4. The molecule has 0 spiro atoms. The Hall–Kier alpha value is -2.89. The largest absolute Gasteiger partial charge is 0.470 e. The molecule has 2 aromatic carbocycles. The van der Waals surface area contributed by atoms with Crippen LogP contribution in [0, 0.1) is 0 Å². The number of rotatable bonds is 4. The zero-order chi connectivity index (χ0) is 16.5. The molecule has 1 unspecified atom stereocenters. The summed E-state index contributed by atoms with van der Waals surface area (Å²) < 4.78 is 16.8. The van der Waals surface area contributed by atoms with Crippen LogP contribution in [-0.2, 0) is 0 Å². The molecule has 0 bridgehead atoms. The maximum Gasteiger partial charge on any atom is 0.248 e. The van der Waals surface area contributed by atoms with E-state index in [1.807, 2.05) is 36.4 Å². The van der Waals surface area contributed by atoms with Crippen molar-refractivity contribution >= 4 is 11.6 Å². The van der Waals surface area contributed by atoms with E-state index in [0.717, 1.165) is 36.6 Å². The van der Waals surface area contributed by atoms with Gasteiger partial charge in [0.25, 0.3) is 0 Å². The lowest BCUT2D eigenvalue weighted by atomic mass is 10.2. The second-order valence-corrected chi connectivity index (χ2v) is 5.84. The smallest absolute Gasteiger partial charge is 0.248 e. The van der Waals surface area contributed by atoms with Crippen molar-refractivity contribution in [3.63, 3.8) is 0 Å². The molecule has 0 aromatic heterocycles. The van der Waals surface area contributed by atoms with E-state index in [4.69, 9.17) is 19.9 Å². The van der Waals surface area contributed by atoms with Crippen molar-refractivity contribution in [2.45, 2.75) is 19.1 Å². The minimum atomic E-state index is -0.427. The summed E-state index contributed by atoms with van der Waals surface area (Å²) >= 11 is 0.